The lowest BCUT2D eigenvalue weighted by atomic mass is 9.93. The Morgan fingerprint density at radius 2 is 2.05 bits per heavy atom. The van der Waals surface area contributed by atoms with Gasteiger partial charge in [0.25, 0.3) is 5.91 Å². The van der Waals surface area contributed by atoms with Gasteiger partial charge < -0.3 is 10.6 Å². The predicted molar refractivity (Wildman–Crippen MR) is 71.7 cm³/mol. The lowest BCUT2D eigenvalue weighted by molar-refractivity contribution is -0.119. The molecule has 0 spiro atoms. The van der Waals surface area contributed by atoms with Gasteiger partial charge in [0.1, 0.15) is 5.15 Å². The van der Waals surface area contributed by atoms with E-state index >= 15 is 0 Å². The zero-order chi connectivity index (χ0) is 13.8. The lowest BCUT2D eigenvalue weighted by Gasteiger charge is -2.31. The number of primary amides is 1. The van der Waals surface area contributed by atoms with Crippen molar-refractivity contribution in [3.05, 3.63) is 29.0 Å². The third-order valence-electron chi connectivity index (χ3n) is 3.37. The monoisotopic (exact) mass is 281 g/mol. The molecule has 102 valence electrons. The summed E-state index contributed by atoms with van der Waals surface area (Å²) in [6.45, 7) is 1.30. The molecule has 2 N–H and O–H groups in total. The highest BCUT2D eigenvalue weighted by atomic mass is 35.5. The fourth-order valence-electron chi connectivity index (χ4n) is 2.31. The Kier molecular flexibility index (Phi) is 4.37. The van der Waals surface area contributed by atoms with Gasteiger partial charge in [-0.15, -0.1) is 0 Å². The van der Waals surface area contributed by atoms with Crippen LogP contribution < -0.4 is 5.73 Å². The summed E-state index contributed by atoms with van der Waals surface area (Å²) in [5.74, 6) is -0.0155. The average Bonchev–Trinajstić information content (AvgIpc) is 2.39. The van der Waals surface area contributed by atoms with E-state index in [2.05, 4.69) is 4.98 Å². The topological polar surface area (TPSA) is 76.3 Å². The molecule has 0 atom stereocenters. The fourth-order valence-corrected chi connectivity index (χ4v) is 2.42. The molecule has 0 saturated carbocycles. The minimum Gasteiger partial charge on any atom is -0.370 e. The van der Waals surface area contributed by atoms with E-state index < -0.39 is 0 Å². The number of hydrogen-bond acceptors (Lipinski definition) is 3. The van der Waals surface area contributed by atoms with Crippen molar-refractivity contribution in [1.82, 2.24) is 9.88 Å². The minimum absolute atomic E-state index is 0.0401. The molecule has 2 amide bonds. The predicted octanol–water partition coefficient (Wildman–Crippen LogP) is 1.46. The number of piperidine rings is 1. The van der Waals surface area contributed by atoms with Crippen molar-refractivity contribution in [1.29, 1.82) is 0 Å². The number of likely N-dealkylation sites (tertiary alicyclic amines) is 1. The summed E-state index contributed by atoms with van der Waals surface area (Å²) in [5.41, 5.74) is 5.72. The lowest BCUT2D eigenvalue weighted by Crippen LogP contribution is -2.39. The SMILES string of the molecule is NC(=O)CC1CCN(C(=O)c2ccc(Cl)nc2)CC1. The highest BCUT2D eigenvalue weighted by Crippen LogP contribution is 2.21. The van der Waals surface area contributed by atoms with Gasteiger partial charge in [-0.05, 0) is 30.9 Å². The van der Waals surface area contributed by atoms with Crippen LogP contribution in [0.4, 0.5) is 0 Å². The van der Waals surface area contributed by atoms with Gasteiger partial charge in [-0.2, -0.15) is 0 Å². The molecule has 1 aliphatic rings. The summed E-state index contributed by atoms with van der Waals surface area (Å²) in [4.78, 5) is 28.7. The number of carbonyl (C=O) groups is 2. The van der Waals surface area contributed by atoms with E-state index in [4.69, 9.17) is 17.3 Å². The number of carbonyl (C=O) groups excluding carboxylic acids is 2. The van der Waals surface area contributed by atoms with Crippen molar-refractivity contribution < 1.29 is 9.59 Å². The molecule has 0 bridgehead atoms. The molecule has 1 aliphatic heterocycles. The van der Waals surface area contributed by atoms with E-state index in [0.29, 0.717) is 36.1 Å². The standard InChI is InChI=1S/C13H16ClN3O2/c14-11-2-1-10(8-16-11)13(19)17-5-3-9(4-6-17)7-12(15)18/h1-2,8-9H,3-7H2,(H2,15,18). The Morgan fingerprint density at radius 1 is 1.37 bits per heavy atom. The van der Waals surface area contributed by atoms with Gasteiger partial charge in [0.15, 0.2) is 0 Å². The number of hydrogen-bond donors (Lipinski definition) is 1. The summed E-state index contributed by atoms with van der Waals surface area (Å²) in [6, 6.07) is 3.28. The summed E-state index contributed by atoms with van der Waals surface area (Å²) in [5, 5.41) is 0.372. The van der Waals surface area contributed by atoms with Crippen molar-refractivity contribution in [3.8, 4) is 0 Å². The molecule has 1 aromatic heterocycles. The molecule has 19 heavy (non-hydrogen) atoms. The van der Waals surface area contributed by atoms with Gasteiger partial charge in [0, 0.05) is 25.7 Å². The number of aromatic nitrogens is 1. The van der Waals surface area contributed by atoms with Crippen LogP contribution in [0.2, 0.25) is 5.15 Å². The third-order valence-corrected chi connectivity index (χ3v) is 3.59. The van der Waals surface area contributed by atoms with Gasteiger partial charge in [-0.3, -0.25) is 9.59 Å². The number of halogens is 1. The zero-order valence-corrected chi connectivity index (χ0v) is 11.3. The molecule has 0 aliphatic carbocycles. The number of amides is 2. The van der Waals surface area contributed by atoms with E-state index in [0.717, 1.165) is 12.8 Å². The van der Waals surface area contributed by atoms with Gasteiger partial charge in [-0.1, -0.05) is 11.6 Å². The second kappa shape index (κ2) is 6.02. The quantitative estimate of drug-likeness (QED) is 0.852. The second-order valence-electron chi connectivity index (χ2n) is 4.78. The van der Waals surface area contributed by atoms with Crippen LogP contribution in [-0.2, 0) is 4.79 Å². The first-order chi connectivity index (χ1) is 9.06. The Balaban J connectivity index is 1.92. The fraction of sp³-hybridized carbons (Fsp3) is 0.462. The van der Waals surface area contributed by atoms with Crippen molar-refractivity contribution in [2.24, 2.45) is 11.7 Å². The maximum absolute atomic E-state index is 12.2. The van der Waals surface area contributed by atoms with Crippen LogP contribution in [-0.4, -0.2) is 34.8 Å². The largest absolute Gasteiger partial charge is 0.370 e. The number of pyridine rings is 1. The van der Waals surface area contributed by atoms with Crippen LogP contribution in [0.5, 0.6) is 0 Å². The Bertz CT molecular complexity index is 467. The first kappa shape index (κ1) is 13.8. The summed E-state index contributed by atoms with van der Waals surface area (Å²) in [7, 11) is 0. The van der Waals surface area contributed by atoms with Crippen molar-refractivity contribution >= 4 is 23.4 Å². The van der Waals surface area contributed by atoms with Crippen LogP contribution >= 0.6 is 11.6 Å². The van der Waals surface area contributed by atoms with Crippen LogP contribution in [0, 0.1) is 5.92 Å². The summed E-state index contributed by atoms with van der Waals surface area (Å²) < 4.78 is 0. The second-order valence-corrected chi connectivity index (χ2v) is 5.16. The Hall–Kier alpha value is -1.62. The molecule has 1 saturated heterocycles. The molecule has 6 heteroatoms. The zero-order valence-electron chi connectivity index (χ0n) is 10.5. The highest BCUT2D eigenvalue weighted by Gasteiger charge is 2.24. The normalized spacial score (nSPS) is 16.4. The average molecular weight is 282 g/mol. The molecule has 0 unspecified atom stereocenters. The highest BCUT2D eigenvalue weighted by molar-refractivity contribution is 6.29. The first-order valence-corrected chi connectivity index (χ1v) is 6.63. The van der Waals surface area contributed by atoms with Crippen LogP contribution in [0.1, 0.15) is 29.6 Å². The smallest absolute Gasteiger partial charge is 0.255 e. The molecular weight excluding hydrogens is 266 g/mol. The molecule has 0 aromatic carbocycles. The maximum Gasteiger partial charge on any atom is 0.255 e. The van der Waals surface area contributed by atoms with E-state index in [1.165, 1.54) is 6.20 Å². The molecular formula is C13H16ClN3O2. The number of rotatable bonds is 3. The van der Waals surface area contributed by atoms with Crippen LogP contribution in [0.3, 0.4) is 0 Å². The van der Waals surface area contributed by atoms with E-state index in [9.17, 15) is 9.59 Å². The van der Waals surface area contributed by atoms with Gasteiger partial charge in [0.2, 0.25) is 5.91 Å². The first-order valence-electron chi connectivity index (χ1n) is 6.25. The number of nitrogens with two attached hydrogens (primary N) is 1. The van der Waals surface area contributed by atoms with Crippen LogP contribution in [0.25, 0.3) is 0 Å². The van der Waals surface area contributed by atoms with Gasteiger partial charge in [-0.25, -0.2) is 4.98 Å². The van der Waals surface area contributed by atoms with Crippen molar-refractivity contribution in [2.45, 2.75) is 19.3 Å². The molecule has 2 heterocycles. The maximum atomic E-state index is 12.2. The molecule has 1 fully saturated rings. The minimum atomic E-state index is -0.272. The van der Waals surface area contributed by atoms with E-state index in [-0.39, 0.29) is 11.8 Å². The van der Waals surface area contributed by atoms with Crippen molar-refractivity contribution in [2.75, 3.05) is 13.1 Å². The molecule has 2 rings (SSSR count). The van der Waals surface area contributed by atoms with Gasteiger partial charge in [0.05, 0.1) is 5.56 Å². The van der Waals surface area contributed by atoms with Crippen molar-refractivity contribution in [3.63, 3.8) is 0 Å². The third kappa shape index (κ3) is 3.67. The van der Waals surface area contributed by atoms with E-state index in [1.807, 2.05) is 0 Å². The summed E-state index contributed by atoms with van der Waals surface area (Å²) >= 11 is 5.69. The summed E-state index contributed by atoms with van der Waals surface area (Å²) in [6.07, 6.45) is 3.52. The molecule has 1 aromatic rings. The number of nitrogens with zero attached hydrogens (tertiary/aromatic N) is 2. The molecule has 0 radical (unpaired) electrons. The Labute approximate surface area is 116 Å². The van der Waals surface area contributed by atoms with Crippen LogP contribution in [0.15, 0.2) is 18.3 Å². The van der Waals surface area contributed by atoms with Gasteiger partial charge >= 0.3 is 0 Å². The molecule has 5 nitrogen and oxygen atoms in total. The Morgan fingerprint density at radius 3 is 2.58 bits per heavy atom. The van der Waals surface area contributed by atoms with E-state index in [1.54, 1.807) is 17.0 Å².